The first-order valence-corrected chi connectivity index (χ1v) is 25.7. The summed E-state index contributed by atoms with van der Waals surface area (Å²) in [4.78, 5) is 25.6. The first-order chi connectivity index (χ1) is 36.4. The van der Waals surface area contributed by atoms with Gasteiger partial charge in [-0.15, -0.1) is 0 Å². The van der Waals surface area contributed by atoms with Crippen LogP contribution in [0.4, 0.5) is 0 Å². The van der Waals surface area contributed by atoms with Crippen LogP contribution >= 0.6 is 0 Å². The van der Waals surface area contributed by atoms with Crippen LogP contribution in [-0.4, -0.2) is 113 Å². The highest BCUT2D eigenvalue weighted by molar-refractivity contribution is 5.69. The summed E-state index contributed by atoms with van der Waals surface area (Å²) in [5.41, 5.74) is 4.67. The van der Waals surface area contributed by atoms with Crippen LogP contribution in [0.25, 0.3) is 0 Å². The molecule has 3 heterocycles. The van der Waals surface area contributed by atoms with Crippen LogP contribution in [0, 0.1) is 0 Å². The van der Waals surface area contributed by atoms with Crippen molar-refractivity contribution in [2.24, 2.45) is 0 Å². The topological polar surface area (TPSA) is 154 Å². The molecular weight excluding hydrogens is 949 g/mol. The van der Waals surface area contributed by atoms with E-state index in [1.54, 1.807) is 7.11 Å². The molecule has 0 amide bonds. The molecule has 0 spiro atoms. The average molecular weight is 1020 g/mol. The van der Waals surface area contributed by atoms with Crippen molar-refractivity contribution in [3.63, 3.8) is 0 Å². The number of carbonyl (C=O) groups excluding carboxylic acids is 2. The van der Waals surface area contributed by atoms with Crippen molar-refractivity contribution < 1.29 is 71.2 Å². The number of ether oxygens (including phenoxy) is 13. The van der Waals surface area contributed by atoms with Gasteiger partial charge in [0.15, 0.2) is 18.9 Å². The zero-order valence-corrected chi connectivity index (χ0v) is 42.5. The molecule has 3 fully saturated rings. The zero-order chi connectivity index (χ0) is 51.3. The summed E-state index contributed by atoms with van der Waals surface area (Å²) >= 11 is 0. The van der Waals surface area contributed by atoms with E-state index < -0.39 is 73.8 Å². The highest BCUT2D eigenvalue weighted by atomic mass is 16.8. The summed E-state index contributed by atoms with van der Waals surface area (Å²) in [6, 6.07) is 48.9. The molecule has 3 aliphatic rings. The number of hydrogen-bond acceptors (Lipinski definition) is 15. The summed E-state index contributed by atoms with van der Waals surface area (Å²) in [7, 11) is 1.54. The van der Waals surface area contributed by atoms with Gasteiger partial charge in [-0.25, -0.2) is 0 Å². The first kappa shape index (κ1) is 54.8. The van der Waals surface area contributed by atoms with Crippen molar-refractivity contribution in [1.82, 2.24) is 0 Å². The molecule has 5 aromatic rings. The summed E-state index contributed by atoms with van der Waals surface area (Å²) < 4.78 is 84.9. The predicted octanol–water partition coefficient (Wildman–Crippen LogP) is 8.82. The van der Waals surface area contributed by atoms with Gasteiger partial charge in [0, 0.05) is 20.0 Å². The van der Waals surface area contributed by atoms with Crippen LogP contribution in [-0.2, 0) is 104 Å². The third-order valence-corrected chi connectivity index (χ3v) is 12.9. The van der Waals surface area contributed by atoms with Gasteiger partial charge in [0.25, 0.3) is 0 Å². The molecule has 12 atom stereocenters. The van der Waals surface area contributed by atoms with E-state index in [1.165, 1.54) is 0 Å². The minimum atomic E-state index is -1.09. The number of methoxy groups -OCH3 is 1. The maximum absolute atomic E-state index is 12.8. The van der Waals surface area contributed by atoms with Gasteiger partial charge in [0.05, 0.1) is 39.6 Å². The average Bonchev–Trinajstić information content (AvgIpc) is 4.08. The second kappa shape index (κ2) is 29.0. The van der Waals surface area contributed by atoms with Gasteiger partial charge in [-0.2, -0.15) is 0 Å². The van der Waals surface area contributed by atoms with Crippen molar-refractivity contribution in [2.75, 3.05) is 26.9 Å². The van der Waals surface area contributed by atoms with Gasteiger partial charge in [0.2, 0.25) is 0 Å². The molecule has 0 radical (unpaired) electrons. The Hall–Kier alpha value is -5.40. The predicted molar refractivity (Wildman–Crippen MR) is 271 cm³/mol. The van der Waals surface area contributed by atoms with Gasteiger partial charge in [-0.05, 0) is 40.7 Å². The molecular formula is C59H70O15. The molecule has 0 bridgehead atoms. The molecule has 3 aliphatic heterocycles. The summed E-state index contributed by atoms with van der Waals surface area (Å²) in [6.45, 7) is 4.66. The molecule has 0 aliphatic carbocycles. The van der Waals surface area contributed by atoms with Gasteiger partial charge in [0.1, 0.15) is 68.1 Å². The molecule has 0 aromatic heterocycles. The van der Waals surface area contributed by atoms with Gasteiger partial charge < -0.3 is 61.6 Å². The van der Waals surface area contributed by atoms with E-state index >= 15 is 0 Å². The van der Waals surface area contributed by atoms with Crippen molar-refractivity contribution in [2.45, 2.75) is 146 Å². The van der Waals surface area contributed by atoms with E-state index in [0.717, 1.165) is 27.8 Å². The Morgan fingerprint density at radius 1 is 0.378 bits per heavy atom. The molecule has 0 unspecified atom stereocenters. The van der Waals surface area contributed by atoms with Crippen LogP contribution in [0.2, 0.25) is 0 Å². The Labute approximate surface area is 434 Å². The maximum atomic E-state index is 12.8. The Balaban J connectivity index is 1.09. The molecule has 15 nitrogen and oxygen atoms in total. The Morgan fingerprint density at radius 3 is 1.05 bits per heavy atom. The number of hydrogen-bond donors (Lipinski definition) is 0. The summed E-state index contributed by atoms with van der Waals surface area (Å²) in [6.07, 6.45) is -8.45. The Bertz CT molecular complexity index is 2360. The molecule has 5 aromatic carbocycles. The minimum absolute atomic E-state index is 0.0814. The monoisotopic (exact) mass is 1020 g/mol. The smallest absolute Gasteiger partial charge is 0.305 e. The standard InChI is InChI=1S/C59H70O15/c1-4-21-49(60)63-38-46-51(65-33-41-23-11-6-12-24-41)54(67-35-43-27-15-8-16-28-43)58(72-46)70-40-48-53(56(57(62-3)71-48)69-37-45-31-19-10-20-32-45)74-59-55(68-36-44-29-17-9-18-30-44)52(66-34-42-25-13-7-14-26-42)47(73-59)39-64-50(61)22-5-2/h6-20,23-32,46-48,51-59H,4-5,21-22,33-40H2,1-3H3/t46-,47-,48-,51-,52-,53-,54+,55+,56+,57+,58+,59-/m1/s1. The quantitative estimate of drug-likeness (QED) is 0.0419. The summed E-state index contributed by atoms with van der Waals surface area (Å²) in [5, 5.41) is 0. The first-order valence-electron chi connectivity index (χ1n) is 25.7. The third-order valence-electron chi connectivity index (χ3n) is 12.9. The molecule has 0 saturated carbocycles. The molecule has 74 heavy (non-hydrogen) atoms. The number of esters is 2. The minimum Gasteiger partial charge on any atom is -0.463 e. The van der Waals surface area contributed by atoms with Crippen LogP contribution in [0.5, 0.6) is 0 Å². The van der Waals surface area contributed by atoms with Crippen molar-refractivity contribution in [3.05, 3.63) is 179 Å². The van der Waals surface area contributed by atoms with Crippen LogP contribution in [0.1, 0.15) is 67.3 Å². The van der Waals surface area contributed by atoms with Gasteiger partial charge in [-0.3, -0.25) is 9.59 Å². The molecule has 0 N–H and O–H groups in total. The second-order valence-electron chi connectivity index (χ2n) is 18.5. The fraction of sp³-hybridized carbons (Fsp3) is 0.458. The van der Waals surface area contributed by atoms with Crippen molar-refractivity contribution in [1.29, 1.82) is 0 Å². The molecule has 15 heteroatoms. The molecule has 3 saturated heterocycles. The van der Waals surface area contributed by atoms with E-state index in [9.17, 15) is 9.59 Å². The van der Waals surface area contributed by atoms with E-state index in [4.69, 9.17) is 61.6 Å². The SMILES string of the molecule is CCCC(=O)OC[C@H]1O[C@H](OC[C@H]2O[C@H](OC)[C@@H](OCc3ccccc3)[C@@H]2O[C@H]2O[C@H](COC(=O)CCC)[C@@H](OCc3ccccc3)[C@@H]2OCc2ccccc2)[C@@H](OCc2ccccc2)[C@@H]1OCc1ccccc1. The van der Waals surface area contributed by atoms with Crippen LogP contribution in [0.3, 0.4) is 0 Å². The van der Waals surface area contributed by atoms with Gasteiger partial charge in [-0.1, -0.05) is 166 Å². The number of rotatable bonds is 29. The van der Waals surface area contributed by atoms with E-state index in [1.807, 2.05) is 166 Å². The second-order valence-corrected chi connectivity index (χ2v) is 18.5. The lowest BCUT2D eigenvalue weighted by atomic mass is 10.1. The molecule has 396 valence electrons. The fourth-order valence-electron chi connectivity index (χ4n) is 9.09. The number of benzene rings is 5. The lowest BCUT2D eigenvalue weighted by Gasteiger charge is -2.30. The lowest BCUT2D eigenvalue weighted by Crippen LogP contribution is -2.46. The maximum Gasteiger partial charge on any atom is 0.305 e. The third kappa shape index (κ3) is 15.8. The van der Waals surface area contributed by atoms with E-state index in [2.05, 4.69) is 0 Å². The highest BCUT2D eigenvalue weighted by Crippen LogP contribution is 2.37. The molecule has 8 rings (SSSR count). The normalized spacial score (nSPS) is 26.5. The highest BCUT2D eigenvalue weighted by Gasteiger charge is 2.55. The fourth-order valence-corrected chi connectivity index (χ4v) is 9.09. The lowest BCUT2D eigenvalue weighted by molar-refractivity contribution is -0.239. The van der Waals surface area contributed by atoms with Crippen molar-refractivity contribution in [3.8, 4) is 0 Å². The van der Waals surface area contributed by atoms with E-state index in [0.29, 0.717) is 12.8 Å². The van der Waals surface area contributed by atoms with Gasteiger partial charge >= 0.3 is 11.9 Å². The van der Waals surface area contributed by atoms with Crippen molar-refractivity contribution >= 4 is 11.9 Å². The Morgan fingerprint density at radius 2 is 0.689 bits per heavy atom. The number of carbonyl (C=O) groups is 2. The van der Waals surface area contributed by atoms with Crippen LogP contribution in [0.15, 0.2) is 152 Å². The summed E-state index contributed by atoms with van der Waals surface area (Å²) in [5.74, 6) is -0.693. The van der Waals surface area contributed by atoms with E-state index in [-0.39, 0.29) is 77.6 Å². The Kier molecular flexibility index (Phi) is 21.5. The largest absolute Gasteiger partial charge is 0.463 e. The zero-order valence-electron chi connectivity index (χ0n) is 42.5. The van der Waals surface area contributed by atoms with Crippen LogP contribution < -0.4 is 0 Å².